The molecule has 0 atom stereocenters. The first kappa shape index (κ1) is 14.8. The summed E-state index contributed by atoms with van der Waals surface area (Å²) < 4.78 is 10.9. The van der Waals surface area contributed by atoms with E-state index in [0.717, 1.165) is 11.1 Å². The quantitative estimate of drug-likeness (QED) is 0.754. The van der Waals surface area contributed by atoms with Crippen LogP contribution in [-0.4, -0.2) is 16.0 Å². The van der Waals surface area contributed by atoms with Crippen LogP contribution in [0.3, 0.4) is 0 Å². The summed E-state index contributed by atoms with van der Waals surface area (Å²) in [5.41, 5.74) is 6.83. The summed E-state index contributed by atoms with van der Waals surface area (Å²) >= 11 is 0. The van der Waals surface area contributed by atoms with Crippen LogP contribution in [0.5, 0.6) is 5.75 Å². The zero-order valence-corrected chi connectivity index (χ0v) is 12.3. The molecular weight excluding hydrogens is 294 g/mol. The molecule has 0 fully saturated rings. The molecule has 23 heavy (non-hydrogen) atoms. The molecule has 1 heterocycles. The maximum Gasteiger partial charge on any atom is 0.264 e. The fourth-order valence-corrected chi connectivity index (χ4v) is 2.14. The molecule has 6 heteroatoms. The zero-order valence-electron chi connectivity index (χ0n) is 12.3. The molecule has 1 aromatic heterocycles. The lowest BCUT2D eigenvalue weighted by Gasteiger charge is -2.08. The number of nitrogens with two attached hydrogens (primary N) is 1. The number of aromatic nitrogens is 2. The van der Waals surface area contributed by atoms with Crippen LogP contribution in [-0.2, 0) is 17.8 Å². The van der Waals surface area contributed by atoms with Crippen molar-refractivity contribution < 1.29 is 14.1 Å². The van der Waals surface area contributed by atoms with Gasteiger partial charge in [0.1, 0.15) is 5.75 Å². The first-order chi connectivity index (χ1) is 11.2. The Bertz CT molecular complexity index is 800. The van der Waals surface area contributed by atoms with Gasteiger partial charge in [-0.3, -0.25) is 4.79 Å². The van der Waals surface area contributed by atoms with Crippen molar-refractivity contribution in [3.8, 4) is 17.1 Å². The highest BCUT2D eigenvalue weighted by atomic mass is 16.5. The van der Waals surface area contributed by atoms with E-state index in [9.17, 15) is 4.79 Å². The molecule has 0 saturated heterocycles. The molecule has 6 nitrogen and oxygen atoms in total. The van der Waals surface area contributed by atoms with E-state index in [2.05, 4.69) is 10.1 Å². The van der Waals surface area contributed by atoms with E-state index in [4.69, 9.17) is 15.0 Å². The van der Waals surface area contributed by atoms with Crippen molar-refractivity contribution in [1.82, 2.24) is 10.1 Å². The van der Waals surface area contributed by atoms with Gasteiger partial charge in [-0.25, -0.2) is 0 Å². The summed E-state index contributed by atoms with van der Waals surface area (Å²) in [5.74, 6) is 1.03. The van der Waals surface area contributed by atoms with Gasteiger partial charge in [0, 0.05) is 11.1 Å². The molecule has 0 aliphatic rings. The number of rotatable bonds is 6. The van der Waals surface area contributed by atoms with Crippen LogP contribution in [0.2, 0.25) is 0 Å². The van der Waals surface area contributed by atoms with Crippen molar-refractivity contribution in [3.05, 3.63) is 66.1 Å². The number of ether oxygens (including phenoxy) is 1. The van der Waals surface area contributed by atoms with Gasteiger partial charge in [-0.1, -0.05) is 53.7 Å². The van der Waals surface area contributed by atoms with Crippen LogP contribution < -0.4 is 10.5 Å². The number of carbonyl (C=O) groups excluding carboxylic acids is 1. The Morgan fingerprint density at radius 1 is 1.09 bits per heavy atom. The number of nitrogens with zero attached hydrogens (tertiary/aromatic N) is 2. The van der Waals surface area contributed by atoms with Gasteiger partial charge in [0.2, 0.25) is 11.7 Å². The summed E-state index contributed by atoms with van der Waals surface area (Å²) in [5, 5.41) is 3.93. The molecule has 2 aromatic carbocycles. The number of hydrogen-bond donors (Lipinski definition) is 1. The minimum Gasteiger partial charge on any atom is -0.483 e. The standard InChI is InChI=1S/C17H15N3O3/c18-15(21)10-13-8-4-5-9-14(13)22-11-16-19-17(20-23-16)12-6-2-1-3-7-12/h1-9H,10-11H2,(H2,18,21). The van der Waals surface area contributed by atoms with Gasteiger partial charge in [0.15, 0.2) is 6.61 Å². The molecular formula is C17H15N3O3. The molecule has 0 bridgehead atoms. The van der Waals surface area contributed by atoms with Gasteiger partial charge < -0.3 is 15.0 Å². The van der Waals surface area contributed by atoms with E-state index < -0.39 is 5.91 Å². The largest absolute Gasteiger partial charge is 0.483 e. The average molecular weight is 309 g/mol. The first-order valence-electron chi connectivity index (χ1n) is 7.09. The number of benzene rings is 2. The molecule has 116 valence electrons. The van der Waals surface area contributed by atoms with Crippen molar-refractivity contribution in [3.63, 3.8) is 0 Å². The van der Waals surface area contributed by atoms with Gasteiger partial charge in [0.05, 0.1) is 6.42 Å². The average Bonchev–Trinajstić information content (AvgIpc) is 3.03. The summed E-state index contributed by atoms with van der Waals surface area (Å²) in [6.07, 6.45) is 0.120. The van der Waals surface area contributed by atoms with E-state index >= 15 is 0 Å². The Hall–Kier alpha value is -3.15. The van der Waals surface area contributed by atoms with Crippen LogP contribution in [0.25, 0.3) is 11.4 Å². The Morgan fingerprint density at radius 2 is 1.83 bits per heavy atom. The van der Waals surface area contributed by atoms with Crippen molar-refractivity contribution >= 4 is 5.91 Å². The molecule has 0 saturated carbocycles. The maximum absolute atomic E-state index is 11.1. The van der Waals surface area contributed by atoms with Crippen LogP contribution in [0, 0.1) is 0 Å². The molecule has 0 aliphatic heterocycles. The highest BCUT2D eigenvalue weighted by Gasteiger charge is 2.11. The van der Waals surface area contributed by atoms with Crippen molar-refractivity contribution in [2.45, 2.75) is 13.0 Å². The summed E-state index contributed by atoms with van der Waals surface area (Å²) in [4.78, 5) is 15.4. The van der Waals surface area contributed by atoms with Gasteiger partial charge in [-0.05, 0) is 6.07 Å². The maximum atomic E-state index is 11.1. The van der Waals surface area contributed by atoms with Crippen LogP contribution >= 0.6 is 0 Å². The highest BCUT2D eigenvalue weighted by Crippen LogP contribution is 2.20. The lowest BCUT2D eigenvalue weighted by Crippen LogP contribution is -2.14. The van der Waals surface area contributed by atoms with E-state index in [-0.39, 0.29) is 13.0 Å². The number of hydrogen-bond acceptors (Lipinski definition) is 5. The third-order valence-electron chi connectivity index (χ3n) is 3.19. The Kier molecular flexibility index (Phi) is 4.33. The Balaban J connectivity index is 1.70. The SMILES string of the molecule is NC(=O)Cc1ccccc1OCc1nc(-c2ccccc2)no1. The molecule has 1 amide bonds. The lowest BCUT2D eigenvalue weighted by molar-refractivity contribution is -0.117. The molecule has 2 N–H and O–H groups in total. The van der Waals surface area contributed by atoms with Gasteiger partial charge in [0.25, 0.3) is 5.89 Å². The van der Waals surface area contributed by atoms with Gasteiger partial charge >= 0.3 is 0 Å². The third kappa shape index (κ3) is 3.74. The fraction of sp³-hybridized carbons (Fsp3) is 0.118. The van der Waals surface area contributed by atoms with E-state index in [1.807, 2.05) is 42.5 Å². The molecule has 3 aromatic rings. The van der Waals surface area contributed by atoms with Crippen molar-refractivity contribution in [2.24, 2.45) is 5.73 Å². The highest BCUT2D eigenvalue weighted by molar-refractivity contribution is 5.77. The van der Waals surface area contributed by atoms with E-state index in [0.29, 0.717) is 17.5 Å². The second kappa shape index (κ2) is 6.74. The topological polar surface area (TPSA) is 91.2 Å². The van der Waals surface area contributed by atoms with Crippen molar-refractivity contribution in [1.29, 1.82) is 0 Å². The number of amides is 1. The minimum absolute atomic E-state index is 0.120. The predicted octanol–water partition coefficient (Wildman–Crippen LogP) is 2.34. The number of para-hydroxylation sites is 1. The number of primary amides is 1. The van der Waals surface area contributed by atoms with Crippen molar-refractivity contribution in [2.75, 3.05) is 0 Å². The van der Waals surface area contributed by atoms with E-state index in [1.54, 1.807) is 12.1 Å². The smallest absolute Gasteiger partial charge is 0.264 e. The minimum atomic E-state index is -0.412. The summed E-state index contributed by atoms with van der Waals surface area (Å²) in [6.45, 7) is 0.121. The molecule has 0 unspecified atom stereocenters. The van der Waals surface area contributed by atoms with Crippen LogP contribution in [0.4, 0.5) is 0 Å². The monoisotopic (exact) mass is 309 g/mol. The van der Waals surface area contributed by atoms with Gasteiger partial charge in [-0.15, -0.1) is 0 Å². The first-order valence-corrected chi connectivity index (χ1v) is 7.09. The summed E-state index contributed by atoms with van der Waals surface area (Å²) in [7, 11) is 0. The third-order valence-corrected chi connectivity index (χ3v) is 3.19. The molecule has 0 spiro atoms. The Morgan fingerprint density at radius 3 is 2.61 bits per heavy atom. The van der Waals surface area contributed by atoms with E-state index in [1.165, 1.54) is 0 Å². The second-order valence-corrected chi connectivity index (χ2v) is 4.92. The van der Waals surface area contributed by atoms with Crippen LogP contribution in [0.1, 0.15) is 11.5 Å². The normalized spacial score (nSPS) is 10.4. The molecule has 0 aliphatic carbocycles. The second-order valence-electron chi connectivity index (χ2n) is 4.92. The molecule has 0 radical (unpaired) electrons. The van der Waals surface area contributed by atoms with Crippen LogP contribution in [0.15, 0.2) is 59.1 Å². The number of carbonyl (C=O) groups is 1. The Labute approximate surface area is 132 Å². The predicted molar refractivity (Wildman–Crippen MR) is 83.4 cm³/mol. The molecule has 3 rings (SSSR count). The zero-order chi connectivity index (χ0) is 16.1. The summed E-state index contributed by atoms with van der Waals surface area (Å²) in [6, 6.07) is 16.7. The lowest BCUT2D eigenvalue weighted by atomic mass is 10.1. The van der Waals surface area contributed by atoms with Gasteiger partial charge in [-0.2, -0.15) is 4.98 Å². The fourth-order valence-electron chi connectivity index (χ4n) is 2.14.